The van der Waals surface area contributed by atoms with Crippen molar-refractivity contribution in [1.82, 2.24) is 0 Å². The minimum Gasteiger partial charge on any atom is -0.481 e. The zero-order valence-corrected chi connectivity index (χ0v) is 19.7. The molecule has 4 saturated carbocycles. The molecule has 174 valence electrons. The molecule has 5 heteroatoms. The second-order valence-electron chi connectivity index (χ2n) is 12.0. The summed E-state index contributed by atoms with van der Waals surface area (Å²) in [4.78, 5) is 35.3. The van der Waals surface area contributed by atoms with Gasteiger partial charge in [0.15, 0.2) is 0 Å². The number of Topliss-reactive ketones (excluding diaryl/α,β-unsaturated/α-hetero) is 1. The zero-order valence-electron chi connectivity index (χ0n) is 19.7. The number of hydrogen-bond acceptors (Lipinski definition) is 4. The van der Waals surface area contributed by atoms with Crippen LogP contribution in [0.2, 0.25) is 0 Å². The highest BCUT2D eigenvalue weighted by Crippen LogP contribution is 2.68. The Hall–Kier alpha value is -1.39. The van der Waals surface area contributed by atoms with Crippen molar-refractivity contribution in [2.75, 3.05) is 0 Å². The van der Waals surface area contributed by atoms with E-state index in [1.165, 1.54) is 32.1 Å². The molecule has 0 aromatic rings. The van der Waals surface area contributed by atoms with Crippen molar-refractivity contribution >= 4 is 17.7 Å². The fourth-order valence-electron chi connectivity index (χ4n) is 8.71. The Morgan fingerprint density at radius 2 is 1.58 bits per heavy atom. The number of rotatable bonds is 5. The molecule has 0 bridgehead atoms. The summed E-state index contributed by atoms with van der Waals surface area (Å²) >= 11 is 0. The van der Waals surface area contributed by atoms with Gasteiger partial charge in [0.25, 0.3) is 0 Å². The van der Waals surface area contributed by atoms with Crippen molar-refractivity contribution in [3.63, 3.8) is 0 Å². The molecule has 0 unspecified atom stereocenters. The van der Waals surface area contributed by atoms with E-state index in [1.807, 2.05) is 6.92 Å². The van der Waals surface area contributed by atoms with Gasteiger partial charge in [-0.2, -0.15) is 0 Å². The van der Waals surface area contributed by atoms with Crippen LogP contribution in [0.3, 0.4) is 0 Å². The Morgan fingerprint density at radius 1 is 0.871 bits per heavy atom. The molecular formula is C26H40O5. The van der Waals surface area contributed by atoms with Crippen molar-refractivity contribution in [2.24, 2.45) is 40.4 Å². The van der Waals surface area contributed by atoms with E-state index in [0.29, 0.717) is 23.5 Å². The topological polar surface area (TPSA) is 80.7 Å². The van der Waals surface area contributed by atoms with Gasteiger partial charge in [-0.15, -0.1) is 0 Å². The molecule has 0 spiro atoms. The summed E-state index contributed by atoms with van der Waals surface area (Å²) in [5, 5.41) is 8.83. The lowest BCUT2D eigenvalue weighted by Crippen LogP contribution is -2.56. The first kappa shape index (κ1) is 22.8. The molecule has 4 fully saturated rings. The maximum Gasteiger partial charge on any atom is 0.306 e. The van der Waals surface area contributed by atoms with Crippen molar-refractivity contribution in [3.05, 3.63) is 0 Å². The predicted molar refractivity (Wildman–Crippen MR) is 117 cm³/mol. The van der Waals surface area contributed by atoms with E-state index in [1.54, 1.807) is 6.92 Å². The predicted octanol–water partition coefficient (Wildman–Crippen LogP) is 5.40. The van der Waals surface area contributed by atoms with Gasteiger partial charge in [0, 0.05) is 5.92 Å². The molecule has 0 saturated heterocycles. The zero-order chi connectivity index (χ0) is 22.6. The highest BCUT2D eigenvalue weighted by atomic mass is 16.6. The van der Waals surface area contributed by atoms with Crippen molar-refractivity contribution in [3.8, 4) is 0 Å². The summed E-state index contributed by atoms with van der Waals surface area (Å²) in [6, 6.07) is 0. The van der Waals surface area contributed by atoms with Gasteiger partial charge in [0.2, 0.25) is 0 Å². The first-order chi connectivity index (χ1) is 14.5. The lowest BCUT2D eigenvalue weighted by molar-refractivity contribution is -0.181. The Bertz CT molecular complexity index is 761. The molecule has 0 aliphatic heterocycles. The van der Waals surface area contributed by atoms with E-state index in [-0.39, 0.29) is 35.6 Å². The number of carbonyl (C=O) groups excluding carboxylic acids is 2. The summed E-state index contributed by atoms with van der Waals surface area (Å²) in [6.07, 6.45) is 9.71. The molecule has 5 nitrogen and oxygen atoms in total. The van der Waals surface area contributed by atoms with E-state index in [9.17, 15) is 14.4 Å². The van der Waals surface area contributed by atoms with Crippen LogP contribution in [0.5, 0.6) is 0 Å². The monoisotopic (exact) mass is 432 g/mol. The number of ether oxygens (including phenoxy) is 1. The quantitative estimate of drug-likeness (QED) is 0.588. The number of ketones is 1. The van der Waals surface area contributed by atoms with E-state index in [2.05, 4.69) is 13.8 Å². The molecule has 0 amide bonds. The minimum absolute atomic E-state index is 0.0465. The maximum atomic E-state index is 12.3. The van der Waals surface area contributed by atoms with Crippen LogP contribution in [0.1, 0.15) is 98.3 Å². The van der Waals surface area contributed by atoms with Crippen LogP contribution in [-0.4, -0.2) is 28.4 Å². The van der Waals surface area contributed by atoms with E-state index >= 15 is 0 Å². The van der Waals surface area contributed by atoms with Gasteiger partial charge in [0.1, 0.15) is 11.4 Å². The van der Waals surface area contributed by atoms with Crippen LogP contribution in [0.4, 0.5) is 0 Å². The molecule has 0 aromatic carbocycles. The van der Waals surface area contributed by atoms with Crippen LogP contribution in [-0.2, 0) is 19.1 Å². The third kappa shape index (κ3) is 3.84. The van der Waals surface area contributed by atoms with Crippen LogP contribution in [0.15, 0.2) is 0 Å². The average Bonchev–Trinajstić information content (AvgIpc) is 3.04. The van der Waals surface area contributed by atoms with Gasteiger partial charge in [-0.05, 0) is 106 Å². The first-order valence-corrected chi connectivity index (χ1v) is 12.4. The average molecular weight is 433 g/mol. The fourth-order valence-corrected chi connectivity index (χ4v) is 8.71. The number of fused-ring (bicyclic) bond motifs is 5. The normalized spacial score (nSPS) is 46.4. The van der Waals surface area contributed by atoms with E-state index in [0.717, 1.165) is 31.6 Å². The summed E-state index contributed by atoms with van der Waals surface area (Å²) in [5.41, 5.74) is 0.00739. The summed E-state index contributed by atoms with van der Waals surface area (Å²) in [5.74, 6) is 1.98. The summed E-state index contributed by atoms with van der Waals surface area (Å²) < 4.78 is 5.85. The molecule has 4 rings (SSSR count). The standard InChI is InChI=1S/C26H40O5/c1-16(27)19-7-8-20-18-6-5-17-15-24(2,31-23(30)10-9-22(28)29)13-14-25(17,3)21(18)11-12-26(19,20)4/h17-21H,5-15H2,1-4H3,(H,28,29)/t17-,18-,19+,20-,21-,24+,25-,26+/m0/s1. The SMILES string of the molecule is CC(=O)[C@H]1CC[C@H]2[C@@H]3CC[C@H]4C[C@](C)(OC(=O)CCC(=O)O)CC[C@]4(C)[C@H]3CC[C@]12C. The smallest absolute Gasteiger partial charge is 0.306 e. The molecule has 31 heavy (non-hydrogen) atoms. The highest BCUT2D eigenvalue weighted by Gasteiger charge is 2.61. The van der Waals surface area contributed by atoms with Gasteiger partial charge in [-0.3, -0.25) is 14.4 Å². The minimum atomic E-state index is -0.958. The van der Waals surface area contributed by atoms with E-state index < -0.39 is 11.6 Å². The number of aliphatic carboxylic acids is 1. The van der Waals surface area contributed by atoms with Crippen molar-refractivity contribution in [1.29, 1.82) is 0 Å². The Kier molecular flexibility index (Phi) is 5.79. The van der Waals surface area contributed by atoms with Crippen LogP contribution >= 0.6 is 0 Å². The third-order valence-electron chi connectivity index (χ3n) is 10.3. The molecule has 0 aromatic heterocycles. The molecule has 4 aliphatic carbocycles. The van der Waals surface area contributed by atoms with Gasteiger partial charge in [0.05, 0.1) is 12.8 Å². The summed E-state index contributed by atoms with van der Waals surface area (Å²) in [7, 11) is 0. The van der Waals surface area contributed by atoms with E-state index in [4.69, 9.17) is 9.84 Å². The van der Waals surface area contributed by atoms with Crippen LogP contribution < -0.4 is 0 Å². The van der Waals surface area contributed by atoms with Crippen LogP contribution in [0, 0.1) is 40.4 Å². The van der Waals surface area contributed by atoms with Crippen molar-refractivity contribution < 1.29 is 24.2 Å². The number of carbonyl (C=O) groups is 3. The lowest BCUT2D eigenvalue weighted by atomic mass is 9.44. The largest absolute Gasteiger partial charge is 0.481 e. The molecular weight excluding hydrogens is 392 g/mol. The lowest BCUT2D eigenvalue weighted by Gasteiger charge is -2.62. The number of carboxylic acid groups (broad SMARTS) is 1. The second-order valence-corrected chi connectivity index (χ2v) is 12.0. The third-order valence-corrected chi connectivity index (χ3v) is 10.3. The first-order valence-electron chi connectivity index (χ1n) is 12.4. The van der Waals surface area contributed by atoms with Gasteiger partial charge in [-0.1, -0.05) is 13.8 Å². The fraction of sp³-hybridized carbons (Fsp3) is 0.885. The molecule has 0 radical (unpaired) electrons. The Labute approximate surface area is 186 Å². The summed E-state index contributed by atoms with van der Waals surface area (Å²) in [6.45, 7) is 8.72. The van der Waals surface area contributed by atoms with Gasteiger partial charge in [-0.25, -0.2) is 0 Å². The molecule has 8 atom stereocenters. The molecule has 1 N–H and O–H groups in total. The molecule has 0 heterocycles. The molecule has 4 aliphatic rings. The van der Waals surface area contributed by atoms with Gasteiger partial charge < -0.3 is 9.84 Å². The highest BCUT2D eigenvalue weighted by molar-refractivity contribution is 5.79. The second kappa shape index (κ2) is 7.88. The Balaban J connectivity index is 1.46. The van der Waals surface area contributed by atoms with Gasteiger partial charge >= 0.3 is 11.9 Å². The van der Waals surface area contributed by atoms with Crippen molar-refractivity contribution in [2.45, 2.75) is 104 Å². The maximum absolute atomic E-state index is 12.3. The number of esters is 1. The Morgan fingerprint density at radius 3 is 2.26 bits per heavy atom. The number of carboxylic acids is 1. The van der Waals surface area contributed by atoms with Crippen LogP contribution in [0.25, 0.3) is 0 Å². The number of hydrogen-bond donors (Lipinski definition) is 1.